The van der Waals surface area contributed by atoms with Crippen LogP contribution in [0.15, 0.2) is 52.0 Å². The lowest BCUT2D eigenvalue weighted by Gasteiger charge is -2.18. The summed E-state index contributed by atoms with van der Waals surface area (Å²) in [5.41, 5.74) is 0.849. The molecular weight excluding hydrogens is 411 g/mol. The fourth-order valence-corrected chi connectivity index (χ4v) is 5.93. The quantitative estimate of drug-likeness (QED) is 0.402. The number of carbonyl (C=O) groups excluding carboxylic acids is 2. The molecule has 2 heterocycles. The highest BCUT2D eigenvalue weighted by Gasteiger charge is 2.73. The number of hydrazone groups is 1. The first-order valence-corrected chi connectivity index (χ1v) is 10.4. The summed E-state index contributed by atoms with van der Waals surface area (Å²) in [6.07, 6.45) is 7.93. The number of furan rings is 1. The Morgan fingerprint density at radius 1 is 1.03 bits per heavy atom. The molecule has 0 radical (unpaired) electrons. The monoisotopic (exact) mass is 426 g/mol. The van der Waals surface area contributed by atoms with Crippen molar-refractivity contribution in [3.8, 4) is 11.3 Å². The van der Waals surface area contributed by atoms with E-state index in [9.17, 15) is 9.59 Å². The Hall–Kier alpha value is -2.37. The molecule has 2 bridgehead atoms. The van der Waals surface area contributed by atoms with Crippen LogP contribution in [-0.4, -0.2) is 23.0 Å². The van der Waals surface area contributed by atoms with Crippen LogP contribution in [0.3, 0.4) is 0 Å². The van der Waals surface area contributed by atoms with Crippen LogP contribution in [0.2, 0.25) is 10.0 Å². The molecule has 1 spiro atoms. The summed E-state index contributed by atoms with van der Waals surface area (Å²) >= 11 is 12.3. The van der Waals surface area contributed by atoms with E-state index in [-0.39, 0.29) is 40.9 Å². The van der Waals surface area contributed by atoms with Crippen molar-refractivity contribution in [3.63, 3.8) is 0 Å². The molecule has 29 heavy (non-hydrogen) atoms. The Balaban J connectivity index is 1.25. The number of rotatable bonds is 3. The first kappa shape index (κ1) is 17.5. The summed E-state index contributed by atoms with van der Waals surface area (Å²) in [5.74, 6) is 0.446. The number of hydrogen-bond donors (Lipinski definition) is 0. The molecule has 4 aliphatic rings. The van der Waals surface area contributed by atoms with Gasteiger partial charge in [-0.2, -0.15) is 10.1 Å². The molecule has 7 heteroatoms. The SMILES string of the molecule is O=C1[C@@H]2[C@@H](C(=O)N1/N=C\c1ccc(-c3cc(Cl)ccc3Cl)o1)[C@H]1C=C[C@H]2C12CC2. The van der Waals surface area contributed by atoms with E-state index in [1.54, 1.807) is 30.3 Å². The van der Waals surface area contributed by atoms with Crippen LogP contribution < -0.4 is 0 Å². The normalized spacial score (nSPS) is 30.9. The molecule has 6 rings (SSSR count). The fraction of sp³-hybridized carbons (Fsp3) is 0.318. The first-order valence-electron chi connectivity index (χ1n) is 9.65. The summed E-state index contributed by atoms with van der Waals surface area (Å²) in [7, 11) is 0. The highest BCUT2D eigenvalue weighted by atomic mass is 35.5. The van der Waals surface area contributed by atoms with Gasteiger partial charge in [-0.1, -0.05) is 35.4 Å². The van der Waals surface area contributed by atoms with Gasteiger partial charge in [0.05, 0.1) is 23.1 Å². The largest absolute Gasteiger partial charge is 0.455 e. The van der Waals surface area contributed by atoms with Crippen LogP contribution >= 0.6 is 23.2 Å². The molecule has 4 atom stereocenters. The molecule has 1 aliphatic heterocycles. The first-order chi connectivity index (χ1) is 14.0. The summed E-state index contributed by atoms with van der Waals surface area (Å²) in [4.78, 5) is 25.9. The number of fused-ring (bicyclic) bond motifs is 3. The second kappa shape index (κ2) is 5.83. The van der Waals surface area contributed by atoms with Gasteiger partial charge >= 0.3 is 0 Å². The number of imide groups is 1. The van der Waals surface area contributed by atoms with Gasteiger partial charge in [-0.3, -0.25) is 9.59 Å². The zero-order valence-corrected chi connectivity index (χ0v) is 16.7. The summed E-state index contributed by atoms with van der Waals surface area (Å²) < 4.78 is 5.77. The van der Waals surface area contributed by atoms with Crippen molar-refractivity contribution in [2.75, 3.05) is 0 Å². The smallest absolute Gasteiger partial charge is 0.254 e. The van der Waals surface area contributed by atoms with E-state index in [1.165, 1.54) is 6.21 Å². The van der Waals surface area contributed by atoms with Gasteiger partial charge in [0.1, 0.15) is 11.5 Å². The third-order valence-corrected chi connectivity index (χ3v) is 7.52. The summed E-state index contributed by atoms with van der Waals surface area (Å²) in [6.45, 7) is 0. The van der Waals surface area contributed by atoms with E-state index in [1.807, 2.05) is 0 Å². The van der Waals surface area contributed by atoms with Crippen molar-refractivity contribution in [1.29, 1.82) is 0 Å². The van der Waals surface area contributed by atoms with Gasteiger partial charge in [-0.25, -0.2) is 0 Å². The van der Waals surface area contributed by atoms with Crippen molar-refractivity contribution in [3.05, 3.63) is 58.3 Å². The Morgan fingerprint density at radius 3 is 2.38 bits per heavy atom. The average Bonchev–Trinajstić information content (AvgIpc) is 2.99. The Morgan fingerprint density at radius 2 is 1.72 bits per heavy atom. The van der Waals surface area contributed by atoms with E-state index in [4.69, 9.17) is 27.6 Å². The van der Waals surface area contributed by atoms with Gasteiger partial charge in [0.15, 0.2) is 0 Å². The molecule has 3 fully saturated rings. The molecule has 1 saturated heterocycles. The van der Waals surface area contributed by atoms with Gasteiger partial charge in [-0.05, 0) is 60.4 Å². The third-order valence-electron chi connectivity index (χ3n) is 6.95. The van der Waals surface area contributed by atoms with Gasteiger partial charge in [0, 0.05) is 10.6 Å². The van der Waals surface area contributed by atoms with E-state index in [0.717, 1.165) is 17.9 Å². The molecule has 1 aromatic heterocycles. The minimum absolute atomic E-state index is 0.183. The number of hydrogen-bond acceptors (Lipinski definition) is 4. The molecular formula is C22H16Cl2N2O3. The molecule has 0 N–H and O–H groups in total. The van der Waals surface area contributed by atoms with E-state index in [0.29, 0.717) is 27.1 Å². The fourth-order valence-electron chi connectivity index (χ4n) is 5.54. The van der Waals surface area contributed by atoms with Crippen LogP contribution in [0, 0.1) is 29.1 Å². The van der Waals surface area contributed by atoms with Crippen molar-refractivity contribution < 1.29 is 14.0 Å². The van der Waals surface area contributed by atoms with Crippen molar-refractivity contribution >= 4 is 41.2 Å². The van der Waals surface area contributed by atoms with Crippen LogP contribution in [0.1, 0.15) is 18.6 Å². The average molecular weight is 427 g/mol. The number of carbonyl (C=O) groups is 2. The Labute approximate surface area is 177 Å². The van der Waals surface area contributed by atoms with Gasteiger partial charge in [0.2, 0.25) is 0 Å². The van der Waals surface area contributed by atoms with Crippen LogP contribution in [0.25, 0.3) is 11.3 Å². The van der Waals surface area contributed by atoms with Gasteiger partial charge < -0.3 is 4.42 Å². The number of allylic oxidation sites excluding steroid dienone is 2. The molecule has 2 saturated carbocycles. The topological polar surface area (TPSA) is 62.9 Å². The molecule has 146 valence electrons. The molecule has 0 unspecified atom stereocenters. The van der Waals surface area contributed by atoms with Crippen molar-refractivity contribution in [2.24, 2.45) is 34.2 Å². The number of amides is 2. The van der Waals surface area contributed by atoms with E-state index in [2.05, 4.69) is 17.3 Å². The van der Waals surface area contributed by atoms with E-state index >= 15 is 0 Å². The lowest BCUT2D eigenvalue weighted by Crippen LogP contribution is -2.30. The Kier molecular flexibility index (Phi) is 3.52. The zero-order chi connectivity index (χ0) is 19.9. The minimum atomic E-state index is -0.255. The maximum absolute atomic E-state index is 12.9. The Bertz CT molecular complexity index is 1100. The number of halogens is 2. The third kappa shape index (κ3) is 2.31. The molecule has 2 amide bonds. The minimum Gasteiger partial charge on any atom is -0.455 e. The second-order valence-corrected chi connectivity index (χ2v) is 9.12. The second-order valence-electron chi connectivity index (χ2n) is 8.28. The maximum Gasteiger partial charge on any atom is 0.254 e. The van der Waals surface area contributed by atoms with Gasteiger partial charge in [0.25, 0.3) is 11.8 Å². The predicted octanol–water partition coefficient (Wildman–Crippen LogP) is 4.78. The van der Waals surface area contributed by atoms with Crippen LogP contribution in [-0.2, 0) is 9.59 Å². The highest BCUT2D eigenvalue weighted by Crippen LogP contribution is 2.73. The van der Waals surface area contributed by atoms with Gasteiger partial charge in [-0.15, -0.1) is 0 Å². The van der Waals surface area contributed by atoms with Crippen molar-refractivity contribution in [2.45, 2.75) is 12.8 Å². The summed E-state index contributed by atoms with van der Waals surface area (Å²) in [5, 5.41) is 6.28. The van der Waals surface area contributed by atoms with E-state index < -0.39 is 0 Å². The molecule has 5 nitrogen and oxygen atoms in total. The zero-order valence-electron chi connectivity index (χ0n) is 15.2. The lowest BCUT2D eigenvalue weighted by molar-refractivity contribution is -0.141. The van der Waals surface area contributed by atoms with Crippen LogP contribution in [0.5, 0.6) is 0 Å². The number of benzene rings is 1. The molecule has 1 aromatic carbocycles. The highest BCUT2D eigenvalue weighted by molar-refractivity contribution is 6.35. The van der Waals surface area contributed by atoms with Crippen LogP contribution in [0.4, 0.5) is 0 Å². The maximum atomic E-state index is 12.9. The molecule has 2 aromatic rings. The van der Waals surface area contributed by atoms with Crippen molar-refractivity contribution in [1.82, 2.24) is 5.01 Å². The standard InChI is InChI=1S/C22H16Cl2N2O3/c23-11-1-5-16(24)13(9-11)17-6-2-12(29-17)10-25-26-20(27)18-14-3-4-15(19(18)21(26)28)22(14)7-8-22/h1-6,9-10,14-15,18-19H,7-8H2/b25-10-/t14-,15-,18+,19+/m1/s1. The lowest BCUT2D eigenvalue weighted by atomic mass is 9.85. The number of nitrogens with zero attached hydrogens (tertiary/aromatic N) is 2. The predicted molar refractivity (Wildman–Crippen MR) is 108 cm³/mol. The summed E-state index contributed by atoms with van der Waals surface area (Å²) in [6, 6.07) is 8.59. The molecule has 3 aliphatic carbocycles.